The summed E-state index contributed by atoms with van der Waals surface area (Å²) in [5.74, 6) is -2.09. The molecule has 4 amide bonds. The summed E-state index contributed by atoms with van der Waals surface area (Å²) in [5.41, 5.74) is 7.26. The summed E-state index contributed by atoms with van der Waals surface area (Å²) in [6, 6.07) is 10.4. The summed E-state index contributed by atoms with van der Waals surface area (Å²) < 4.78 is 5.36. The number of anilines is 1. The number of nitrogens with two attached hydrogens (primary N) is 1. The zero-order valence-corrected chi connectivity index (χ0v) is 19.0. The number of urea groups is 1. The van der Waals surface area contributed by atoms with E-state index in [4.69, 9.17) is 10.5 Å². The zero-order valence-electron chi connectivity index (χ0n) is 19.0. The van der Waals surface area contributed by atoms with Gasteiger partial charge in [-0.25, -0.2) is 9.59 Å². The van der Waals surface area contributed by atoms with Crippen LogP contribution in [-0.2, 0) is 16.0 Å². The minimum atomic E-state index is -1.15. The fourth-order valence-electron chi connectivity index (χ4n) is 3.93. The number of nitrogen functional groups attached to an aromatic ring is 1. The summed E-state index contributed by atoms with van der Waals surface area (Å²) in [6.45, 7) is 1.53. The van der Waals surface area contributed by atoms with E-state index >= 15 is 0 Å². The quantitative estimate of drug-likeness (QED) is 0.453. The van der Waals surface area contributed by atoms with E-state index in [0.29, 0.717) is 17.7 Å². The zero-order chi connectivity index (χ0) is 24.8. The number of benzene rings is 2. The second-order valence-electron chi connectivity index (χ2n) is 8.00. The maximum atomic E-state index is 13.3. The highest BCUT2D eigenvalue weighted by molar-refractivity contribution is 6.01. The van der Waals surface area contributed by atoms with E-state index in [9.17, 15) is 24.3 Å². The molecule has 1 unspecified atom stereocenters. The highest BCUT2D eigenvalue weighted by Crippen LogP contribution is 2.25. The first kappa shape index (κ1) is 24.6. The minimum Gasteiger partial charge on any atom is -0.496 e. The third-order valence-corrected chi connectivity index (χ3v) is 5.78. The van der Waals surface area contributed by atoms with Crippen LogP contribution in [0.25, 0.3) is 0 Å². The van der Waals surface area contributed by atoms with Crippen LogP contribution in [0.5, 0.6) is 5.75 Å². The Bertz CT molecular complexity index is 1100. The Morgan fingerprint density at radius 1 is 1.26 bits per heavy atom. The highest BCUT2D eigenvalue weighted by Gasteiger charge is 2.35. The number of methoxy groups -OCH3 is 1. The second-order valence-corrected chi connectivity index (χ2v) is 8.00. The molecular formula is C24H28N4O6. The number of hydrogen-bond acceptors (Lipinski definition) is 6. The van der Waals surface area contributed by atoms with E-state index in [0.717, 1.165) is 10.5 Å². The first-order valence-electron chi connectivity index (χ1n) is 10.9. The number of hydrogen-bond donors (Lipinski definition) is 4. The number of carboxylic acids is 1. The van der Waals surface area contributed by atoms with E-state index < -0.39 is 42.3 Å². The molecule has 0 bridgehead atoms. The van der Waals surface area contributed by atoms with Gasteiger partial charge in [-0.3, -0.25) is 14.5 Å². The van der Waals surface area contributed by atoms with Crippen LogP contribution in [0, 0.1) is 5.92 Å². The normalized spacial score (nSPS) is 16.9. The van der Waals surface area contributed by atoms with E-state index in [1.54, 1.807) is 12.1 Å². The number of imide groups is 1. The lowest BCUT2D eigenvalue weighted by Gasteiger charge is -2.25. The van der Waals surface area contributed by atoms with Gasteiger partial charge >= 0.3 is 12.0 Å². The summed E-state index contributed by atoms with van der Waals surface area (Å²) in [5, 5.41) is 14.6. The Morgan fingerprint density at radius 2 is 2.00 bits per heavy atom. The third-order valence-electron chi connectivity index (χ3n) is 5.78. The van der Waals surface area contributed by atoms with Crippen molar-refractivity contribution in [3.05, 3.63) is 59.2 Å². The fourth-order valence-corrected chi connectivity index (χ4v) is 3.93. The SMILES string of the molecule is CCC(NC(=O)N1CC(=O)NC[C@@H](Cc2ccccc2OC)C1=O)c1ccc(C(=O)O)c(N)c1. The van der Waals surface area contributed by atoms with Gasteiger partial charge < -0.3 is 26.2 Å². The Kier molecular flexibility index (Phi) is 7.72. The molecule has 0 saturated carbocycles. The summed E-state index contributed by atoms with van der Waals surface area (Å²) in [7, 11) is 1.54. The van der Waals surface area contributed by atoms with Crippen LogP contribution >= 0.6 is 0 Å². The minimum absolute atomic E-state index is 0.0384. The van der Waals surface area contributed by atoms with Gasteiger partial charge in [0.2, 0.25) is 11.8 Å². The summed E-state index contributed by atoms with van der Waals surface area (Å²) in [4.78, 5) is 50.7. The number of nitrogens with zero attached hydrogens (tertiary/aromatic N) is 1. The largest absolute Gasteiger partial charge is 0.496 e. The molecule has 180 valence electrons. The van der Waals surface area contributed by atoms with Crippen LogP contribution in [0.3, 0.4) is 0 Å². The number of carbonyl (C=O) groups is 4. The molecule has 1 aliphatic heterocycles. The molecule has 3 rings (SSSR count). The molecule has 5 N–H and O–H groups in total. The topological polar surface area (TPSA) is 151 Å². The summed E-state index contributed by atoms with van der Waals surface area (Å²) in [6.07, 6.45) is 0.744. The van der Waals surface area contributed by atoms with Gasteiger partial charge in [0.15, 0.2) is 0 Å². The van der Waals surface area contributed by atoms with E-state index in [-0.39, 0.29) is 24.2 Å². The van der Waals surface area contributed by atoms with Gasteiger partial charge in [0.1, 0.15) is 12.3 Å². The number of ether oxygens (including phenoxy) is 1. The molecule has 2 aromatic carbocycles. The molecule has 2 atom stereocenters. The Labute approximate surface area is 197 Å². The Hall–Kier alpha value is -4.08. The van der Waals surface area contributed by atoms with Gasteiger partial charge in [0.05, 0.1) is 24.6 Å². The monoisotopic (exact) mass is 468 g/mol. The van der Waals surface area contributed by atoms with E-state index in [1.807, 2.05) is 25.1 Å². The molecule has 0 aliphatic carbocycles. The molecule has 0 aromatic heterocycles. The standard InChI is InChI=1S/C24H28N4O6/c1-3-19(14-8-9-17(23(31)32)18(25)11-14)27-24(33)28-13-21(29)26-12-16(22(28)30)10-15-6-4-5-7-20(15)34-2/h4-9,11,16,19H,3,10,12-13,25H2,1-2H3,(H,26,29)(H,27,33)(H,31,32)/t16-,19?/m1/s1. The van der Waals surface area contributed by atoms with Crippen molar-refractivity contribution < 1.29 is 29.0 Å². The average molecular weight is 469 g/mol. The highest BCUT2D eigenvalue weighted by atomic mass is 16.5. The predicted octanol–water partition coefficient (Wildman–Crippen LogP) is 1.95. The maximum Gasteiger partial charge on any atom is 0.337 e. The van der Waals surface area contributed by atoms with Crippen molar-refractivity contribution in [2.75, 3.05) is 25.9 Å². The second kappa shape index (κ2) is 10.7. The number of para-hydroxylation sites is 1. The van der Waals surface area contributed by atoms with E-state index in [2.05, 4.69) is 10.6 Å². The van der Waals surface area contributed by atoms with Crippen LogP contribution in [0.1, 0.15) is 40.9 Å². The lowest BCUT2D eigenvalue weighted by molar-refractivity contribution is -0.133. The van der Waals surface area contributed by atoms with Crippen LogP contribution in [-0.4, -0.2) is 54.0 Å². The number of rotatable bonds is 7. The number of amides is 4. The van der Waals surface area contributed by atoms with Crippen molar-refractivity contribution in [1.29, 1.82) is 0 Å². The predicted molar refractivity (Wildman–Crippen MR) is 124 cm³/mol. The van der Waals surface area contributed by atoms with Crippen molar-refractivity contribution >= 4 is 29.5 Å². The van der Waals surface area contributed by atoms with Crippen LogP contribution < -0.4 is 21.1 Å². The molecule has 1 fully saturated rings. The molecule has 1 aliphatic rings. The lowest BCUT2D eigenvalue weighted by atomic mass is 9.97. The maximum absolute atomic E-state index is 13.3. The number of aromatic carboxylic acids is 1. The fraction of sp³-hybridized carbons (Fsp3) is 0.333. The molecule has 1 heterocycles. The molecular weight excluding hydrogens is 440 g/mol. The van der Waals surface area contributed by atoms with Gasteiger partial charge in [0.25, 0.3) is 0 Å². The third kappa shape index (κ3) is 5.45. The molecule has 10 nitrogen and oxygen atoms in total. The first-order chi connectivity index (χ1) is 16.2. The number of carbonyl (C=O) groups excluding carboxylic acids is 3. The van der Waals surface area contributed by atoms with Crippen LogP contribution in [0.15, 0.2) is 42.5 Å². The molecule has 2 aromatic rings. The molecule has 10 heteroatoms. The van der Waals surface area contributed by atoms with Crippen molar-refractivity contribution in [1.82, 2.24) is 15.5 Å². The van der Waals surface area contributed by atoms with Crippen molar-refractivity contribution in [2.45, 2.75) is 25.8 Å². The van der Waals surface area contributed by atoms with Gasteiger partial charge in [-0.05, 0) is 42.2 Å². The first-order valence-corrected chi connectivity index (χ1v) is 10.9. The molecule has 34 heavy (non-hydrogen) atoms. The van der Waals surface area contributed by atoms with E-state index in [1.165, 1.54) is 19.2 Å². The van der Waals surface area contributed by atoms with Crippen molar-refractivity contribution in [3.8, 4) is 5.75 Å². The Balaban J connectivity index is 1.79. The lowest BCUT2D eigenvalue weighted by Crippen LogP contribution is -2.48. The van der Waals surface area contributed by atoms with Crippen LogP contribution in [0.2, 0.25) is 0 Å². The summed E-state index contributed by atoms with van der Waals surface area (Å²) >= 11 is 0. The van der Waals surface area contributed by atoms with Gasteiger partial charge in [-0.2, -0.15) is 0 Å². The van der Waals surface area contributed by atoms with Crippen LogP contribution in [0.4, 0.5) is 10.5 Å². The van der Waals surface area contributed by atoms with Gasteiger partial charge in [-0.15, -0.1) is 0 Å². The molecule has 0 spiro atoms. The average Bonchev–Trinajstić information content (AvgIpc) is 2.96. The number of nitrogens with one attached hydrogen (secondary N) is 2. The van der Waals surface area contributed by atoms with Gasteiger partial charge in [-0.1, -0.05) is 31.2 Å². The Morgan fingerprint density at radius 3 is 2.65 bits per heavy atom. The van der Waals surface area contributed by atoms with Gasteiger partial charge in [0, 0.05) is 12.2 Å². The molecule has 0 radical (unpaired) electrons. The smallest absolute Gasteiger partial charge is 0.337 e. The van der Waals surface area contributed by atoms with Crippen molar-refractivity contribution in [2.24, 2.45) is 5.92 Å². The van der Waals surface area contributed by atoms with Crippen molar-refractivity contribution in [3.63, 3.8) is 0 Å². The molecule has 1 saturated heterocycles. The number of carboxylic acid groups (broad SMARTS) is 1.